The molecule has 0 aliphatic rings. The van der Waals surface area contributed by atoms with E-state index in [1.54, 1.807) is 12.7 Å². The van der Waals surface area contributed by atoms with E-state index < -0.39 is 0 Å². The van der Waals surface area contributed by atoms with Crippen molar-refractivity contribution in [1.29, 1.82) is 0 Å². The van der Waals surface area contributed by atoms with Crippen molar-refractivity contribution in [3.05, 3.63) is 78.9 Å². The first kappa shape index (κ1) is 20.4. The number of fused-ring (bicyclic) bond motifs is 1. The Bertz CT molecular complexity index is 1050. The van der Waals surface area contributed by atoms with Crippen molar-refractivity contribution in [1.82, 2.24) is 9.97 Å². The van der Waals surface area contributed by atoms with E-state index in [0.717, 1.165) is 28.1 Å². The van der Waals surface area contributed by atoms with Crippen molar-refractivity contribution in [3.63, 3.8) is 0 Å². The third-order valence-corrected chi connectivity index (χ3v) is 4.17. The summed E-state index contributed by atoms with van der Waals surface area (Å²) in [5, 5.41) is 2.39. The van der Waals surface area contributed by atoms with Gasteiger partial charge in [0.25, 0.3) is 6.33 Å². The molecule has 3 aromatic carbocycles. The monoisotopic (exact) mass is 410 g/mol. The van der Waals surface area contributed by atoms with Crippen molar-refractivity contribution in [2.45, 2.75) is 6.92 Å². The summed E-state index contributed by atoms with van der Waals surface area (Å²) in [6.07, 6.45) is 3.32. The van der Waals surface area contributed by atoms with Crippen molar-refractivity contribution in [2.75, 3.05) is 0 Å². The zero-order chi connectivity index (χ0) is 16.5. The van der Waals surface area contributed by atoms with E-state index in [2.05, 4.69) is 65.4 Å². The van der Waals surface area contributed by atoms with Crippen LogP contribution in [0.15, 0.2) is 61.2 Å². The molecule has 1 aromatic heterocycles. The Morgan fingerprint density at radius 2 is 1.77 bits per heavy atom. The van der Waals surface area contributed by atoms with Crippen LogP contribution in [-0.4, -0.2) is 18.4 Å². The molecule has 0 fully saturated rings. The Labute approximate surface area is 181 Å². The second-order valence-electron chi connectivity index (χ2n) is 5.85. The predicted octanol–water partition coefficient (Wildman–Crippen LogP) is 3.31. The maximum Gasteiger partial charge on any atom is 0.255 e. The molecular formula is C21H16BN3Y-. The van der Waals surface area contributed by atoms with Crippen LogP contribution < -0.4 is 4.57 Å². The third kappa shape index (κ3) is 3.92. The minimum atomic E-state index is 0. The third-order valence-electron chi connectivity index (χ3n) is 4.17. The molecule has 5 heteroatoms. The summed E-state index contributed by atoms with van der Waals surface area (Å²) in [5.74, 6) is 0.852. The van der Waals surface area contributed by atoms with Crippen LogP contribution in [-0.2, 0) is 39.8 Å². The fourth-order valence-corrected chi connectivity index (χ4v) is 2.84. The smallest absolute Gasteiger partial charge is 0.255 e. The minimum Gasteiger partial charge on any atom is -0.269 e. The van der Waals surface area contributed by atoms with Gasteiger partial charge in [-0.3, -0.25) is 4.57 Å². The Balaban J connectivity index is 0.00000121. The molecule has 0 bridgehead atoms. The summed E-state index contributed by atoms with van der Waals surface area (Å²) < 4.78 is 1.91. The van der Waals surface area contributed by atoms with Crippen molar-refractivity contribution < 1.29 is 37.3 Å². The molecule has 26 heavy (non-hydrogen) atoms. The number of hydrogen-bond acceptors (Lipinski definition) is 2. The quantitative estimate of drug-likeness (QED) is 0.289. The largest absolute Gasteiger partial charge is 0.269 e. The van der Waals surface area contributed by atoms with Gasteiger partial charge in [-0.15, -0.1) is 33.5 Å². The van der Waals surface area contributed by atoms with Gasteiger partial charge in [-0.2, -0.15) is 29.8 Å². The SMILES string of the molecule is Cc1ccc(-c2[c-]cc3ccccc3c2)[c-]c1-c1ncnc[n+]1C.[B].[Y]. The second-order valence-corrected chi connectivity index (χ2v) is 5.85. The van der Waals surface area contributed by atoms with Gasteiger partial charge < -0.3 is 0 Å². The number of aromatic nitrogens is 3. The van der Waals surface area contributed by atoms with Crippen LogP contribution in [0.2, 0.25) is 0 Å². The Morgan fingerprint density at radius 3 is 2.54 bits per heavy atom. The average Bonchev–Trinajstić information content (AvgIpc) is 2.62. The van der Waals surface area contributed by atoms with E-state index in [1.165, 1.54) is 10.8 Å². The zero-order valence-corrected chi connectivity index (χ0v) is 17.6. The minimum absolute atomic E-state index is 0. The molecule has 4 radical (unpaired) electrons. The summed E-state index contributed by atoms with van der Waals surface area (Å²) >= 11 is 0. The maximum absolute atomic E-state index is 4.40. The van der Waals surface area contributed by atoms with Crippen LogP contribution in [0.25, 0.3) is 33.3 Å². The molecule has 0 saturated carbocycles. The summed E-state index contributed by atoms with van der Waals surface area (Å²) in [7, 11) is 1.94. The van der Waals surface area contributed by atoms with Crippen molar-refractivity contribution >= 4 is 19.2 Å². The Kier molecular flexibility index (Phi) is 6.80. The van der Waals surface area contributed by atoms with E-state index in [-0.39, 0.29) is 41.1 Å². The summed E-state index contributed by atoms with van der Waals surface area (Å²) in [5.41, 5.74) is 4.17. The van der Waals surface area contributed by atoms with Crippen LogP contribution >= 0.6 is 0 Å². The van der Waals surface area contributed by atoms with E-state index in [1.807, 2.05) is 23.7 Å². The standard InChI is InChI=1S/C21H16N3.B.Y/c1-15-7-8-19(12-20(15)21-23-13-22-14-24(21)2)18-10-9-16-5-3-4-6-17(16)11-18;;/h3-9,11,13-14H,1-2H3;;/q-1;;. The van der Waals surface area contributed by atoms with Gasteiger partial charge in [0.05, 0.1) is 7.05 Å². The van der Waals surface area contributed by atoms with Crippen LogP contribution in [0, 0.1) is 19.1 Å². The predicted molar refractivity (Wildman–Crippen MR) is 99.7 cm³/mol. The molecule has 4 rings (SSSR count). The molecule has 0 aliphatic carbocycles. The number of benzene rings is 3. The zero-order valence-electron chi connectivity index (χ0n) is 14.8. The van der Waals surface area contributed by atoms with Crippen LogP contribution in [0.4, 0.5) is 0 Å². The molecule has 3 nitrogen and oxygen atoms in total. The van der Waals surface area contributed by atoms with Gasteiger partial charge in [0.15, 0.2) is 0 Å². The molecule has 0 spiro atoms. The van der Waals surface area contributed by atoms with Gasteiger partial charge in [-0.1, -0.05) is 41.7 Å². The molecule has 0 saturated heterocycles. The van der Waals surface area contributed by atoms with Crippen molar-refractivity contribution in [2.24, 2.45) is 7.05 Å². The molecule has 0 aliphatic heterocycles. The topological polar surface area (TPSA) is 29.7 Å². The first-order valence-electron chi connectivity index (χ1n) is 7.82. The van der Waals surface area contributed by atoms with Gasteiger partial charge in [0.2, 0.25) is 12.2 Å². The summed E-state index contributed by atoms with van der Waals surface area (Å²) in [4.78, 5) is 8.45. The van der Waals surface area contributed by atoms with Gasteiger partial charge >= 0.3 is 0 Å². The Hall–Kier alpha value is -1.90. The summed E-state index contributed by atoms with van der Waals surface area (Å²) in [6.45, 7) is 2.07. The fraction of sp³-hybridized carbons (Fsp3) is 0.0952. The van der Waals surface area contributed by atoms with E-state index in [0.29, 0.717) is 0 Å². The molecule has 0 unspecified atom stereocenters. The van der Waals surface area contributed by atoms with Crippen molar-refractivity contribution in [3.8, 4) is 22.5 Å². The van der Waals surface area contributed by atoms with Gasteiger partial charge in [0, 0.05) is 41.1 Å². The normalized spacial score (nSPS) is 10.1. The molecule has 0 atom stereocenters. The van der Waals surface area contributed by atoms with E-state index in [9.17, 15) is 0 Å². The molecule has 4 aromatic rings. The molecule has 0 N–H and O–H groups in total. The van der Waals surface area contributed by atoms with Gasteiger partial charge in [-0.25, -0.2) is 5.56 Å². The van der Waals surface area contributed by atoms with E-state index in [4.69, 9.17) is 0 Å². The number of aryl methyl sites for hydroxylation is 2. The van der Waals surface area contributed by atoms with Crippen LogP contribution in [0.5, 0.6) is 0 Å². The molecule has 122 valence electrons. The summed E-state index contributed by atoms with van der Waals surface area (Å²) in [6, 6.07) is 23.6. The average molecular weight is 410 g/mol. The number of hydrogen-bond donors (Lipinski definition) is 0. The first-order valence-corrected chi connectivity index (χ1v) is 7.82. The second kappa shape index (κ2) is 8.66. The number of nitrogens with zero attached hydrogens (tertiary/aromatic N) is 3. The molecular weight excluding hydrogens is 394 g/mol. The van der Waals surface area contributed by atoms with Crippen LogP contribution in [0.3, 0.4) is 0 Å². The van der Waals surface area contributed by atoms with E-state index >= 15 is 0 Å². The first-order chi connectivity index (χ1) is 11.7. The molecule has 1 heterocycles. The van der Waals surface area contributed by atoms with Gasteiger partial charge in [0.1, 0.15) is 0 Å². The Morgan fingerprint density at radius 1 is 1.00 bits per heavy atom. The molecule has 0 amide bonds. The van der Waals surface area contributed by atoms with Crippen LogP contribution in [0.1, 0.15) is 5.56 Å². The fourth-order valence-electron chi connectivity index (χ4n) is 2.84. The maximum atomic E-state index is 4.40. The van der Waals surface area contributed by atoms with Gasteiger partial charge in [-0.05, 0) is 0 Å². The number of rotatable bonds is 2.